The number of nitrogens with one attached hydrogen (secondary N) is 2. The van der Waals surface area contributed by atoms with Crippen LogP contribution in [-0.2, 0) is 14.3 Å². The molecule has 106 valence electrons. The molecule has 0 aromatic rings. The Morgan fingerprint density at radius 3 is 2.61 bits per heavy atom. The van der Waals surface area contributed by atoms with Gasteiger partial charge in [0.15, 0.2) is 0 Å². The van der Waals surface area contributed by atoms with Crippen LogP contribution in [0.1, 0.15) is 6.42 Å². The third kappa shape index (κ3) is 6.90. The summed E-state index contributed by atoms with van der Waals surface area (Å²) < 4.78 is 10.7. The van der Waals surface area contributed by atoms with Crippen molar-refractivity contribution >= 4 is 5.97 Å². The van der Waals surface area contributed by atoms with Gasteiger partial charge in [0, 0.05) is 19.6 Å². The van der Waals surface area contributed by atoms with Gasteiger partial charge in [-0.15, -0.1) is 0 Å². The maximum atomic E-state index is 10.3. The first-order chi connectivity index (χ1) is 8.72. The van der Waals surface area contributed by atoms with Gasteiger partial charge < -0.3 is 25.2 Å². The van der Waals surface area contributed by atoms with E-state index in [0.717, 1.165) is 39.3 Å². The SMILES string of the molecule is CNCCOCC1CNCC(COCC(=O)O)C1. The molecule has 6 nitrogen and oxygen atoms in total. The van der Waals surface area contributed by atoms with Crippen molar-refractivity contribution in [2.75, 3.05) is 53.1 Å². The van der Waals surface area contributed by atoms with Crippen molar-refractivity contribution in [3.8, 4) is 0 Å². The molecule has 0 saturated carbocycles. The number of rotatable bonds is 9. The van der Waals surface area contributed by atoms with Gasteiger partial charge in [0.1, 0.15) is 6.61 Å². The third-order valence-electron chi connectivity index (χ3n) is 2.96. The van der Waals surface area contributed by atoms with Gasteiger partial charge in [-0.1, -0.05) is 0 Å². The van der Waals surface area contributed by atoms with Gasteiger partial charge in [-0.25, -0.2) is 4.79 Å². The lowest BCUT2D eigenvalue weighted by Gasteiger charge is -2.29. The summed E-state index contributed by atoms with van der Waals surface area (Å²) in [4.78, 5) is 10.3. The first kappa shape index (κ1) is 15.4. The Morgan fingerprint density at radius 1 is 1.33 bits per heavy atom. The molecule has 0 radical (unpaired) electrons. The fourth-order valence-corrected chi connectivity index (χ4v) is 2.12. The van der Waals surface area contributed by atoms with Crippen molar-refractivity contribution in [1.29, 1.82) is 0 Å². The smallest absolute Gasteiger partial charge is 0.329 e. The van der Waals surface area contributed by atoms with Crippen LogP contribution in [0.25, 0.3) is 0 Å². The molecule has 0 aromatic carbocycles. The van der Waals surface area contributed by atoms with Crippen LogP contribution >= 0.6 is 0 Å². The third-order valence-corrected chi connectivity index (χ3v) is 2.96. The second-order valence-corrected chi connectivity index (χ2v) is 4.71. The minimum Gasteiger partial charge on any atom is -0.480 e. The van der Waals surface area contributed by atoms with Gasteiger partial charge in [0.25, 0.3) is 0 Å². The maximum Gasteiger partial charge on any atom is 0.329 e. The molecule has 0 amide bonds. The Labute approximate surface area is 108 Å². The minimum absolute atomic E-state index is 0.208. The molecule has 3 N–H and O–H groups in total. The number of carboxylic acid groups (broad SMARTS) is 1. The van der Waals surface area contributed by atoms with Crippen molar-refractivity contribution in [3.63, 3.8) is 0 Å². The molecule has 2 atom stereocenters. The summed E-state index contributed by atoms with van der Waals surface area (Å²) in [6, 6.07) is 0. The molecule has 1 aliphatic rings. The van der Waals surface area contributed by atoms with E-state index in [1.165, 1.54) is 0 Å². The molecule has 1 heterocycles. The first-order valence-electron chi connectivity index (χ1n) is 6.45. The van der Waals surface area contributed by atoms with Gasteiger partial charge in [0.05, 0.1) is 19.8 Å². The number of hydrogen-bond donors (Lipinski definition) is 3. The number of aliphatic carboxylic acids is 1. The second kappa shape index (κ2) is 9.27. The number of carbonyl (C=O) groups is 1. The fraction of sp³-hybridized carbons (Fsp3) is 0.917. The molecule has 0 bridgehead atoms. The van der Waals surface area contributed by atoms with Crippen LogP contribution in [0.3, 0.4) is 0 Å². The van der Waals surface area contributed by atoms with Crippen LogP contribution in [0.4, 0.5) is 0 Å². The lowest BCUT2D eigenvalue weighted by molar-refractivity contribution is -0.142. The average Bonchev–Trinajstić information content (AvgIpc) is 2.35. The summed E-state index contributed by atoms with van der Waals surface area (Å²) in [6.45, 7) is 4.51. The summed E-state index contributed by atoms with van der Waals surface area (Å²) >= 11 is 0. The Bertz CT molecular complexity index is 238. The summed E-state index contributed by atoms with van der Waals surface area (Å²) in [5.74, 6) is -0.0317. The summed E-state index contributed by atoms with van der Waals surface area (Å²) in [7, 11) is 1.90. The van der Waals surface area contributed by atoms with Crippen molar-refractivity contribution in [3.05, 3.63) is 0 Å². The van der Waals surface area contributed by atoms with E-state index in [2.05, 4.69) is 10.6 Å². The molecular formula is C12H24N2O4. The van der Waals surface area contributed by atoms with Crippen LogP contribution in [0.5, 0.6) is 0 Å². The highest BCUT2D eigenvalue weighted by Crippen LogP contribution is 2.17. The number of ether oxygens (including phenoxy) is 2. The van der Waals surface area contributed by atoms with E-state index in [4.69, 9.17) is 14.6 Å². The van der Waals surface area contributed by atoms with Gasteiger partial charge in [0.2, 0.25) is 0 Å². The standard InChI is InChI=1S/C12H24N2O4/c1-13-2-3-17-7-10-4-11(6-14-5-10)8-18-9-12(15)16/h10-11,13-14H,2-9H2,1H3,(H,15,16). The molecule has 0 aliphatic carbocycles. The highest BCUT2D eigenvalue weighted by Gasteiger charge is 2.22. The topological polar surface area (TPSA) is 79.8 Å². The Balaban J connectivity index is 2.09. The fourth-order valence-electron chi connectivity index (χ4n) is 2.12. The van der Waals surface area contributed by atoms with Gasteiger partial charge >= 0.3 is 5.97 Å². The Kier molecular flexibility index (Phi) is 7.91. The zero-order valence-corrected chi connectivity index (χ0v) is 11.0. The van der Waals surface area contributed by atoms with Gasteiger partial charge in [-0.05, 0) is 25.3 Å². The van der Waals surface area contributed by atoms with Crippen molar-refractivity contribution in [2.24, 2.45) is 11.8 Å². The van der Waals surface area contributed by atoms with E-state index < -0.39 is 5.97 Å². The highest BCUT2D eigenvalue weighted by molar-refractivity contribution is 5.67. The van der Waals surface area contributed by atoms with Crippen LogP contribution in [0.2, 0.25) is 0 Å². The number of carboxylic acids is 1. The normalized spacial score (nSPS) is 24.1. The molecule has 6 heteroatoms. The molecular weight excluding hydrogens is 236 g/mol. The molecule has 1 aliphatic heterocycles. The van der Waals surface area contributed by atoms with E-state index in [0.29, 0.717) is 18.4 Å². The molecule has 1 rings (SSSR count). The van der Waals surface area contributed by atoms with Crippen LogP contribution in [0.15, 0.2) is 0 Å². The predicted octanol–water partition coefficient (Wildman–Crippen LogP) is -0.451. The van der Waals surface area contributed by atoms with Crippen LogP contribution < -0.4 is 10.6 Å². The van der Waals surface area contributed by atoms with Gasteiger partial charge in [-0.2, -0.15) is 0 Å². The van der Waals surface area contributed by atoms with E-state index in [-0.39, 0.29) is 6.61 Å². The average molecular weight is 260 g/mol. The second-order valence-electron chi connectivity index (χ2n) is 4.71. The molecule has 1 fully saturated rings. The maximum absolute atomic E-state index is 10.3. The number of likely N-dealkylation sites (N-methyl/N-ethyl adjacent to an activating group) is 1. The van der Waals surface area contributed by atoms with Crippen LogP contribution in [0, 0.1) is 11.8 Å². The quantitative estimate of drug-likeness (QED) is 0.487. The summed E-state index contributed by atoms with van der Waals surface area (Å²) in [6.07, 6.45) is 1.03. The number of piperidine rings is 1. The minimum atomic E-state index is -0.911. The zero-order valence-electron chi connectivity index (χ0n) is 11.0. The van der Waals surface area contributed by atoms with Gasteiger partial charge in [-0.3, -0.25) is 0 Å². The molecule has 0 aromatic heterocycles. The lowest BCUT2D eigenvalue weighted by Crippen LogP contribution is -2.40. The number of hydrogen-bond acceptors (Lipinski definition) is 5. The molecule has 18 heavy (non-hydrogen) atoms. The Hall–Kier alpha value is -0.690. The van der Waals surface area contributed by atoms with Crippen molar-refractivity contribution in [2.45, 2.75) is 6.42 Å². The predicted molar refractivity (Wildman–Crippen MR) is 67.7 cm³/mol. The summed E-state index contributed by atoms with van der Waals surface area (Å²) in [5.41, 5.74) is 0. The molecule has 1 saturated heterocycles. The highest BCUT2D eigenvalue weighted by atomic mass is 16.5. The van der Waals surface area contributed by atoms with Crippen molar-refractivity contribution < 1.29 is 19.4 Å². The monoisotopic (exact) mass is 260 g/mol. The van der Waals surface area contributed by atoms with E-state index >= 15 is 0 Å². The van der Waals surface area contributed by atoms with Crippen LogP contribution in [-0.4, -0.2) is 64.2 Å². The van der Waals surface area contributed by atoms with Crippen molar-refractivity contribution in [1.82, 2.24) is 10.6 Å². The zero-order chi connectivity index (χ0) is 13.2. The first-order valence-corrected chi connectivity index (χ1v) is 6.45. The van der Waals surface area contributed by atoms with E-state index in [1.54, 1.807) is 0 Å². The summed E-state index contributed by atoms with van der Waals surface area (Å²) in [5, 5.41) is 14.9. The molecule has 2 unspecified atom stereocenters. The Morgan fingerprint density at radius 2 is 2.00 bits per heavy atom. The largest absolute Gasteiger partial charge is 0.480 e. The lowest BCUT2D eigenvalue weighted by atomic mass is 9.91. The van der Waals surface area contributed by atoms with E-state index in [1.807, 2.05) is 7.05 Å². The molecule has 0 spiro atoms. The van der Waals surface area contributed by atoms with E-state index in [9.17, 15) is 4.79 Å².